The van der Waals surface area contributed by atoms with Gasteiger partial charge >= 0.3 is 0 Å². The molecule has 0 radical (unpaired) electrons. The van der Waals surface area contributed by atoms with Crippen LogP contribution in [0.5, 0.6) is 5.75 Å². The molecule has 0 aromatic heterocycles. The minimum Gasteiger partial charge on any atom is -0.506 e. The summed E-state index contributed by atoms with van der Waals surface area (Å²) >= 11 is 11.8. The largest absolute Gasteiger partial charge is 0.506 e. The Kier molecular flexibility index (Phi) is 4.15. The van der Waals surface area contributed by atoms with Gasteiger partial charge < -0.3 is 10.4 Å². The molecule has 1 aromatic rings. The Morgan fingerprint density at radius 2 is 2.24 bits per heavy atom. The number of hydrogen-bond donors (Lipinski definition) is 2. The lowest BCUT2D eigenvalue weighted by Crippen LogP contribution is -2.32. The second-order valence-corrected chi connectivity index (χ2v) is 5.30. The number of halogens is 2. The molecule has 0 aliphatic carbocycles. The molecule has 1 saturated heterocycles. The average Bonchev–Trinajstić information content (AvgIpc) is 2.78. The summed E-state index contributed by atoms with van der Waals surface area (Å²) in [6, 6.07) is 3.83. The number of aromatic hydroxyl groups is 1. The first kappa shape index (κ1) is 13.0. The highest BCUT2D eigenvalue weighted by Gasteiger charge is 2.20. The van der Waals surface area contributed by atoms with E-state index in [0.717, 1.165) is 25.1 Å². The summed E-state index contributed by atoms with van der Waals surface area (Å²) in [6.45, 7) is 2.70. The normalized spacial score (nSPS) is 20.1. The minimum absolute atomic E-state index is 0.133. The maximum Gasteiger partial charge on any atom is 0.138 e. The van der Waals surface area contributed by atoms with Gasteiger partial charge in [0.2, 0.25) is 0 Å². The van der Waals surface area contributed by atoms with Crippen molar-refractivity contribution in [3.05, 3.63) is 27.7 Å². The summed E-state index contributed by atoms with van der Waals surface area (Å²) < 4.78 is 0. The van der Waals surface area contributed by atoms with E-state index >= 15 is 0 Å². The van der Waals surface area contributed by atoms with E-state index in [-0.39, 0.29) is 5.75 Å². The number of rotatable bonds is 3. The number of likely N-dealkylation sites (N-methyl/N-ethyl adjacent to an activating group) is 1. The summed E-state index contributed by atoms with van der Waals surface area (Å²) in [5, 5.41) is 14.1. The van der Waals surface area contributed by atoms with Crippen molar-refractivity contribution in [3.8, 4) is 5.75 Å². The molecule has 3 nitrogen and oxygen atoms in total. The van der Waals surface area contributed by atoms with Gasteiger partial charge in [0.15, 0.2) is 0 Å². The Labute approximate surface area is 111 Å². The van der Waals surface area contributed by atoms with Crippen LogP contribution in [0.3, 0.4) is 0 Å². The fraction of sp³-hybridized carbons (Fsp3) is 0.500. The molecule has 1 unspecified atom stereocenters. The van der Waals surface area contributed by atoms with Crippen molar-refractivity contribution in [1.82, 2.24) is 10.2 Å². The Hall–Kier alpha value is -0.480. The van der Waals surface area contributed by atoms with E-state index in [9.17, 15) is 5.11 Å². The first-order chi connectivity index (χ1) is 8.08. The van der Waals surface area contributed by atoms with E-state index in [0.29, 0.717) is 22.6 Å². The molecule has 1 aromatic carbocycles. The van der Waals surface area contributed by atoms with Crippen LogP contribution in [-0.4, -0.2) is 36.2 Å². The lowest BCUT2D eigenvalue weighted by Gasteiger charge is -2.24. The van der Waals surface area contributed by atoms with E-state index in [1.807, 2.05) is 7.05 Å². The Morgan fingerprint density at radius 1 is 1.47 bits per heavy atom. The lowest BCUT2D eigenvalue weighted by atomic mass is 10.1. The molecule has 94 valence electrons. The van der Waals surface area contributed by atoms with Gasteiger partial charge in [0, 0.05) is 29.7 Å². The van der Waals surface area contributed by atoms with E-state index in [1.54, 1.807) is 12.1 Å². The summed E-state index contributed by atoms with van der Waals surface area (Å²) in [6.07, 6.45) is 1.13. The van der Waals surface area contributed by atoms with Gasteiger partial charge in [-0.1, -0.05) is 23.2 Å². The first-order valence-electron chi connectivity index (χ1n) is 5.66. The molecule has 2 rings (SSSR count). The van der Waals surface area contributed by atoms with Gasteiger partial charge in [-0.3, -0.25) is 4.90 Å². The zero-order valence-electron chi connectivity index (χ0n) is 9.71. The van der Waals surface area contributed by atoms with Crippen molar-refractivity contribution in [2.45, 2.75) is 19.0 Å². The van der Waals surface area contributed by atoms with Crippen LogP contribution in [0.25, 0.3) is 0 Å². The van der Waals surface area contributed by atoms with E-state index < -0.39 is 0 Å². The first-order valence-corrected chi connectivity index (χ1v) is 6.41. The van der Waals surface area contributed by atoms with Crippen LogP contribution in [-0.2, 0) is 6.54 Å². The van der Waals surface area contributed by atoms with Crippen LogP contribution in [0.1, 0.15) is 12.0 Å². The third-order valence-electron chi connectivity index (χ3n) is 3.18. The molecule has 1 fully saturated rings. The molecule has 5 heteroatoms. The molecule has 2 N–H and O–H groups in total. The predicted molar refractivity (Wildman–Crippen MR) is 70.9 cm³/mol. The maximum absolute atomic E-state index is 9.88. The van der Waals surface area contributed by atoms with Crippen molar-refractivity contribution >= 4 is 23.2 Å². The van der Waals surface area contributed by atoms with E-state index in [1.165, 1.54) is 0 Å². The van der Waals surface area contributed by atoms with Gasteiger partial charge in [-0.15, -0.1) is 0 Å². The van der Waals surface area contributed by atoms with E-state index in [2.05, 4.69) is 10.2 Å². The molecular weight excluding hydrogens is 259 g/mol. The molecule has 0 spiro atoms. The Balaban J connectivity index is 2.12. The monoisotopic (exact) mass is 274 g/mol. The fourth-order valence-corrected chi connectivity index (χ4v) is 2.69. The van der Waals surface area contributed by atoms with Gasteiger partial charge in [0.1, 0.15) is 5.75 Å². The number of benzene rings is 1. The highest BCUT2D eigenvalue weighted by Crippen LogP contribution is 2.32. The number of phenols is 1. The third kappa shape index (κ3) is 3.05. The number of nitrogens with one attached hydrogen (secondary N) is 1. The van der Waals surface area contributed by atoms with E-state index in [4.69, 9.17) is 23.2 Å². The van der Waals surface area contributed by atoms with Crippen molar-refractivity contribution in [1.29, 1.82) is 0 Å². The smallest absolute Gasteiger partial charge is 0.138 e. The van der Waals surface area contributed by atoms with Gasteiger partial charge in [0.05, 0.1) is 5.02 Å². The zero-order valence-corrected chi connectivity index (χ0v) is 11.2. The van der Waals surface area contributed by atoms with Crippen molar-refractivity contribution in [2.75, 3.05) is 20.1 Å². The standard InChI is InChI=1S/C12H16Cl2N2O/c1-16(10-2-3-15-6-10)7-8-4-9(13)5-11(14)12(8)17/h4-5,10,15,17H,2-3,6-7H2,1H3. The second kappa shape index (κ2) is 5.44. The van der Waals surface area contributed by atoms with Crippen molar-refractivity contribution < 1.29 is 5.11 Å². The molecule has 1 aliphatic rings. The summed E-state index contributed by atoms with van der Waals surface area (Å²) in [7, 11) is 2.05. The molecule has 0 bridgehead atoms. The highest BCUT2D eigenvalue weighted by atomic mass is 35.5. The Morgan fingerprint density at radius 3 is 2.88 bits per heavy atom. The van der Waals surface area contributed by atoms with Crippen molar-refractivity contribution in [2.24, 2.45) is 0 Å². The summed E-state index contributed by atoms with van der Waals surface area (Å²) in [4.78, 5) is 2.21. The molecule has 17 heavy (non-hydrogen) atoms. The quantitative estimate of drug-likeness (QED) is 0.889. The number of nitrogens with zero attached hydrogens (tertiary/aromatic N) is 1. The van der Waals surface area contributed by atoms with Crippen molar-refractivity contribution in [3.63, 3.8) is 0 Å². The molecule has 0 saturated carbocycles. The van der Waals surface area contributed by atoms with Crippen LogP contribution in [0, 0.1) is 0 Å². The molecule has 1 atom stereocenters. The van der Waals surface area contributed by atoms with Gasteiger partial charge in [0.25, 0.3) is 0 Å². The number of hydrogen-bond acceptors (Lipinski definition) is 3. The highest BCUT2D eigenvalue weighted by molar-refractivity contribution is 6.35. The topological polar surface area (TPSA) is 35.5 Å². The fourth-order valence-electron chi connectivity index (χ4n) is 2.15. The summed E-state index contributed by atoms with van der Waals surface area (Å²) in [5.41, 5.74) is 0.775. The SMILES string of the molecule is CN(Cc1cc(Cl)cc(Cl)c1O)C1CCNC1. The van der Waals surface area contributed by atoms with Crippen LogP contribution in [0.4, 0.5) is 0 Å². The average molecular weight is 275 g/mol. The maximum atomic E-state index is 9.88. The predicted octanol–water partition coefficient (Wildman–Crippen LogP) is 2.49. The molecular formula is C12H16Cl2N2O. The number of phenolic OH excluding ortho intramolecular Hbond substituents is 1. The van der Waals surface area contributed by atoms with Crippen LogP contribution in [0.15, 0.2) is 12.1 Å². The lowest BCUT2D eigenvalue weighted by molar-refractivity contribution is 0.246. The minimum atomic E-state index is 0.133. The third-order valence-corrected chi connectivity index (χ3v) is 3.69. The van der Waals surface area contributed by atoms with Gasteiger partial charge in [-0.2, -0.15) is 0 Å². The zero-order chi connectivity index (χ0) is 12.4. The molecule has 0 amide bonds. The van der Waals surface area contributed by atoms with Crippen LogP contribution >= 0.6 is 23.2 Å². The van der Waals surface area contributed by atoms with Crippen LogP contribution in [0.2, 0.25) is 10.0 Å². The Bertz CT molecular complexity index is 406. The molecule has 1 aliphatic heterocycles. The molecule has 1 heterocycles. The van der Waals surface area contributed by atoms with Gasteiger partial charge in [-0.25, -0.2) is 0 Å². The van der Waals surface area contributed by atoms with Gasteiger partial charge in [-0.05, 0) is 32.1 Å². The second-order valence-electron chi connectivity index (χ2n) is 4.46. The van der Waals surface area contributed by atoms with Crippen LogP contribution < -0.4 is 5.32 Å². The summed E-state index contributed by atoms with van der Waals surface area (Å²) in [5.74, 6) is 0.133.